The molecule has 0 bridgehead atoms. The van der Waals surface area contributed by atoms with Crippen molar-refractivity contribution in [2.24, 2.45) is 0 Å². The van der Waals surface area contributed by atoms with Gasteiger partial charge in [0.15, 0.2) is 0 Å². The predicted molar refractivity (Wildman–Crippen MR) is 93.3 cm³/mol. The van der Waals surface area contributed by atoms with Crippen LogP contribution in [0.4, 0.5) is 15.5 Å². The first-order valence-electron chi connectivity index (χ1n) is 8.28. The van der Waals surface area contributed by atoms with Crippen LogP contribution in [0.1, 0.15) is 39.0 Å². The van der Waals surface area contributed by atoms with E-state index < -0.39 is 6.09 Å². The number of ether oxygens (including phenoxy) is 1. The highest BCUT2D eigenvalue weighted by molar-refractivity contribution is 5.96. The third-order valence-corrected chi connectivity index (χ3v) is 3.72. The van der Waals surface area contributed by atoms with Gasteiger partial charge in [-0.15, -0.1) is 0 Å². The Hall–Kier alpha value is -2.57. The Bertz CT molecular complexity index is 696. The lowest BCUT2D eigenvalue weighted by atomic mass is 10.1. The molecule has 0 fully saturated rings. The van der Waals surface area contributed by atoms with E-state index in [0.717, 1.165) is 12.8 Å². The molecule has 1 aromatic carbocycles. The van der Waals surface area contributed by atoms with E-state index in [1.807, 2.05) is 12.1 Å². The standard InChI is InChI=1S/C17H24N4O3/c1-3-4-5-6-9-12-18-16(22)21-14-11-8-7-10-13(14)19-15(21)20-17(23)24-2/h7-8,10-11H,3-6,9,12H2,1-2H3,(H,18,22)(H,19,20,23). The maximum atomic E-state index is 12.5. The Balaban J connectivity index is 2.09. The Labute approximate surface area is 141 Å². The minimum atomic E-state index is -0.668. The summed E-state index contributed by atoms with van der Waals surface area (Å²) >= 11 is 0. The number of para-hydroxylation sites is 2. The van der Waals surface area contributed by atoms with Gasteiger partial charge in [-0.25, -0.2) is 19.1 Å². The summed E-state index contributed by atoms with van der Waals surface area (Å²) in [7, 11) is 1.26. The van der Waals surface area contributed by atoms with E-state index in [9.17, 15) is 9.59 Å². The number of aromatic nitrogens is 2. The summed E-state index contributed by atoms with van der Waals surface area (Å²) < 4.78 is 5.95. The van der Waals surface area contributed by atoms with Crippen molar-refractivity contribution in [1.29, 1.82) is 0 Å². The third-order valence-electron chi connectivity index (χ3n) is 3.72. The number of methoxy groups -OCH3 is 1. The van der Waals surface area contributed by atoms with Gasteiger partial charge in [0.1, 0.15) is 0 Å². The van der Waals surface area contributed by atoms with E-state index in [0.29, 0.717) is 17.6 Å². The largest absolute Gasteiger partial charge is 0.453 e. The maximum absolute atomic E-state index is 12.5. The molecular weight excluding hydrogens is 308 g/mol. The van der Waals surface area contributed by atoms with Gasteiger partial charge in [-0.1, -0.05) is 44.7 Å². The number of nitrogens with zero attached hydrogens (tertiary/aromatic N) is 2. The van der Waals surface area contributed by atoms with Gasteiger partial charge in [-0.3, -0.25) is 5.32 Å². The van der Waals surface area contributed by atoms with Crippen molar-refractivity contribution in [2.45, 2.75) is 39.0 Å². The highest BCUT2D eigenvalue weighted by Crippen LogP contribution is 2.19. The van der Waals surface area contributed by atoms with E-state index in [-0.39, 0.29) is 12.0 Å². The molecule has 2 amide bonds. The SMILES string of the molecule is CCCCCCCNC(=O)n1c(NC(=O)OC)nc2ccccc21. The molecule has 24 heavy (non-hydrogen) atoms. The van der Waals surface area contributed by atoms with Crippen LogP contribution >= 0.6 is 0 Å². The van der Waals surface area contributed by atoms with Crippen LogP contribution < -0.4 is 10.6 Å². The van der Waals surface area contributed by atoms with Crippen LogP contribution in [0.5, 0.6) is 0 Å². The van der Waals surface area contributed by atoms with Crippen LogP contribution in [0.25, 0.3) is 11.0 Å². The number of unbranched alkanes of at least 4 members (excludes halogenated alkanes) is 4. The van der Waals surface area contributed by atoms with E-state index in [1.54, 1.807) is 12.1 Å². The summed E-state index contributed by atoms with van der Waals surface area (Å²) in [6.45, 7) is 2.76. The van der Waals surface area contributed by atoms with Crippen molar-refractivity contribution in [3.63, 3.8) is 0 Å². The molecule has 130 valence electrons. The van der Waals surface area contributed by atoms with E-state index in [2.05, 4.69) is 27.3 Å². The van der Waals surface area contributed by atoms with Gasteiger partial charge in [-0.05, 0) is 18.6 Å². The Morgan fingerprint density at radius 2 is 1.92 bits per heavy atom. The highest BCUT2D eigenvalue weighted by Gasteiger charge is 2.18. The number of nitrogens with one attached hydrogen (secondary N) is 2. The second-order valence-electron chi connectivity index (χ2n) is 5.52. The number of carbonyl (C=O) groups is 2. The van der Waals surface area contributed by atoms with Crippen LogP contribution in [-0.4, -0.2) is 35.3 Å². The lowest BCUT2D eigenvalue weighted by molar-refractivity contribution is 0.186. The van der Waals surface area contributed by atoms with Gasteiger partial charge >= 0.3 is 12.1 Å². The monoisotopic (exact) mass is 332 g/mol. The first kappa shape index (κ1) is 17.8. The summed E-state index contributed by atoms with van der Waals surface area (Å²) in [5.41, 5.74) is 1.26. The smallest absolute Gasteiger partial charge is 0.413 e. The summed E-state index contributed by atoms with van der Waals surface area (Å²) in [5, 5.41) is 5.36. The van der Waals surface area contributed by atoms with Crippen molar-refractivity contribution < 1.29 is 14.3 Å². The van der Waals surface area contributed by atoms with Crippen LogP contribution in [0.15, 0.2) is 24.3 Å². The van der Waals surface area contributed by atoms with Crippen molar-refractivity contribution in [1.82, 2.24) is 14.9 Å². The van der Waals surface area contributed by atoms with E-state index >= 15 is 0 Å². The van der Waals surface area contributed by atoms with E-state index in [4.69, 9.17) is 0 Å². The average molecular weight is 332 g/mol. The molecule has 0 atom stereocenters. The van der Waals surface area contributed by atoms with Gasteiger partial charge in [0.05, 0.1) is 18.1 Å². The fraction of sp³-hybridized carbons (Fsp3) is 0.471. The summed E-state index contributed by atoms with van der Waals surface area (Å²) in [6.07, 6.45) is 4.93. The normalized spacial score (nSPS) is 10.6. The first-order valence-corrected chi connectivity index (χ1v) is 8.28. The minimum absolute atomic E-state index is 0.145. The Morgan fingerprint density at radius 3 is 2.67 bits per heavy atom. The molecule has 0 aliphatic heterocycles. The number of imidazole rings is 1. The number of anilines is 1. The Morgan fingerprint density at radius 1 is 1.17 bits per heavy atom. The van der Waals surface area contributed by atoms with Gasteiger partial charge in [0.25, 0.3) is 0 Å². The molecule has 7 nitrogen and oxygen atoms in total. The van der Waals surface area contributed by atoms with Gasteiger partial charge in [0.2, 0.25) is 5.95 Å². The number of rotatable bonds is 7. The molecule has 2 N–H and O–H groups in total. The van der Waals surface area contributed by atoms with Crippen LogP contribution in [0.2, 0.25) is 0 Å². The van der Waals surface area contributed by atoms with E-state index in [1.165, 1.54) is 30.9 Å². The zero-order valence-corrected chi connectivity index (χ0v) is 14.2. The fourth-order valence-corrected chi connectivity index (χ4v) is 2.46. The molecule has 2 rings (SSSR count). The molecule has 0 aliphatic carbocycles. The molecule has 7 heteroatoms. The summed E-state index contributed by atoms with van der Waals surface area (Å²) in [4.78, 5) is 28.3. The number of benzene rings is 1. The van der Waals surface area contributed by atoms with Crippen molar-refractivity contribution >= 4 is 29.1 Å². The van der Waals surface area contributed by atoms with Crippen LogP contribution in [-0.2, 0) is 4.74 Å². The van der Waals surface area contributed by atoms with Crippen molar-refractivity contribution in [3.8, 4) is 0 Å². The summed E-state index contributed by atoms with van der Waals surface area (Å²) in [6, 6.07) is 6.90. The predicted octanol–water partition coefficient (Wildman–Crippen LogP) is 3.74. The van der Waals surface area contributed by atoms with Gasteiger partial charge in [0, 0.05) is 6.54 Å². The number of hydrogen-bond donors (Lipinski definition) is 2. The molecule has 1 aromatic heterocycles. The van der Waals surface area contributed by atoms with Gasteiger partial charge in [-0.2, -0.15) is 0 Å². The molecular formula is C17H24N4O3. The first-order chi connectivity index (χ1) is 11.7. The highest BCUT2D eigenvalue weighted by atomic mass is 16.5. The van der Waals surface area contributed by atoms with Crippen LogP contribution in [0, 0.1) is 0 Å². The molecule has 0 saturated carbocycles. The molecule has 0 unspecified atom stereocenters. The quantitative estimate of drug-likeness (QED) is 0.756. The minimum Gasteiger partial charge on any atom is -0.453 e. The molecule has 0 radical (unpaired) electrons. The second-order valence-corrected chi connectivity index (χ2v) is 5.52. The van der Waals surface area contributed by atoms with Crippen molar-refractivity contribution in [2.75, 3.05) is 19.0 Å². The zero-order valence-electron chi connectivity index (χ0n) is 14.2. The third kappa shape index (κ3) is 4.47. The number of fused-ring (bicyclic) bond motifs is 1. The van der Waals surface area contributed by atoms with Crippen LogP contribution in [0.3, 0.4) is 0 Å². The number of amides is 2. The number of carbonyl (C=O) groups excluding carboxylic acids is 2. The maximum Gasteiger partial charge on any atom is 0.413 e. The lowest BCUT2D eigenvalue weighted by Crippen LogP contribution is -2.31. The molecule has 0 aliphatic rings. The Kier molecular flexibility index (Phi) is 6.60. The fourth-order valence-electron chi connectivity index (χ4n) is 2.46. The zero-order chi connectivity index (χ0) is 17.4. The molecule has 1 heterocycles. The number of hydrogen-bond acceptors (Lipinski definition) is 4. The molecule has 0 saturated heterocycles. The topological polar surface area (TPSA) is 85.2 Å². The average Bonchev–Trinajstić information content (AvgIpc) is 2.95. The van der Waals surface area contributed by atoms with Gasteiger partial charge < -0.3 is 10.1 Å². The molecule has 0 spiro atoms. The molecule has 2 aromatic rings. The van der Waals surface area contributed by atoms with Crippen molar-refractivity contribution in [3.05, 3.63) is 24.3 Å². The second kappa shape index (κ2) is 8.90. The summed E-state index contributed by atoms with van der Waals surface area (Å²) in [5.74, 6) is 0.145. The lowest BCUT2D eigenvalue weighted by Gasteiger charge is -2.10.